The molecule has 2 N–H and O–H groups in total. The van der Waals surface area contributed by atoms with Crippen molar-refractivity contribution in [2.24, 2.45) is 0 Å². The molecule has 0 unspecified atom stereocenters. The molecule has 3 heteroatoms. The number of aliphatic hydroxyl groups excluding tert-OH is 1. The molecular weight excluding hydrogens is 350 g/mol. The zero-order valence-electron chi connectivity index (χ0n) is 15.9. The van der Waals surface area contributed by atoms with Crippen LogP contribution in [-0.2, 0) is 11.3 Å². The molecule has 3 rings (SSSR count). The smallest absolute Gasteiger partial charge is 0.0914 e. The predicted octanol–water partition coefficient (Wildman–Crippen LogP) is 5.54. The largest absolute Gasteiger partial charge is 0.387 e. The lowest BCUT2D eigenvalue weighted by molar-refractivity contribution is 0.161. The van der Waals surface area contributed by atoms with Crippen molar-refractivity contribution in [3.63, 3.8) is 0 Å². The van der Waals surface area contributed by atoms with Crippen LogP contribution in [0.2, 0.25) is 0 Å². The average Bonchev–Trinajstić information content (AvgIpc) is 2.72. The highest BCUT2D eigenvalue weighted by Crippen LogP contribution is 2.27. The molecule has 3 aromatic carbocycles. The summed E-state index contributed by atoms with van der Waals surface area (Å²) in [6.45, 7) is 4.81. The van der Waals surface area contributed by atoms with E-state index in [2.05, 4.69) is 67.7 Å². The second kappa shape index (κ2) is 9.23. The van der Waals surface area contributed by atoms with Crippen LogP contribution in [0.5, 0.6) is 0 Å². The number of nitrogens with one attached hydrogen (secondary N) is 1. The lowest BCUT2D eigenvalue weighted by Gasteiger charge is -2.28. The minimum atomic E-state index is -0.508. The van der Waals surface area contributed by atoms with Crippen molar-refractivity contribution in [3.8, 4) is 0 Å². The van der Waals surface area contributed by atoms with Crippen LogP contribution in [0.25, 0.3) is 0 Å². The van der Waals surface area contributed by atoms with Crippen molar-refractivity contribution in [2.45, 2.75) is 36.1 Å². The van der Waals surface area contributed by atoms with E-state index in [1.165, 1.54) is 16.0 Å². The Balaban J connectivity index is 1.56. The third kappa shape index (κ3) is 5.70. The van der Waals surface area contributed by atoms with Gasteiger partial charge in [0, 0.05) is 22.7 Å². The first kappa shape index (κ1) is 19.7. The van der Waals surface area contributed by atoms with Crippen LogP contribution in [0.4, 0.5) is 0 Å². The number of rotatable bonds is 8. The van der Waals surface area contributed by atoms with Crippen molar-refractivity contribution >= 4 is 11.8 Å². The molecule has 140 valence electrons. The van der Waals surface area contributed by atoms with Gasteiger partial charge in [-0.1, -0.05) is 72.8 Å². The lowest BCUT2D eigenvalue weighted by atomic mass is 9.94. The maximum atomic E-state index is 10.4. The van der Waals surface area contributed by atoms with Crippen molar-refractivity contribution in [2.75, 3.05) is 6.54 Å². The number of hydrogen-bond donors (Lipinski definition) is 2. The Morgan fingerprint density at radius 1 is 0.852 bits per heavy atom. The molecule has 0 amide bonds. The van der Waals surface area contributed by atoms with E-state index in [0.717, 1.165) is 11.3 Å². The Labute approximate surface area is 166 Å². The molecule has 0 saturated carbocycles. The van der Waals surface area contributed by atoms with Crippen LogP contribution in [0.15, 0.2) is 89.8 Å². The van der Waals surface area contributed by atoms with E-state index in [-0.39, 0.29) is 5.54 Å². The molecule has 0 saturated heterocycles. The molecular formula is C24H27NOS. The van der Waals surface area contributed by atoms with Gasteiger partial charge in [0.15, 0.2) is 0 Å². The quantitative estimate of drug-likeness (QED) is 0.506. The van der Waals surface area contributed by atoms with E-state index in [4.69, 9.17) is 0 Å². The molecule has 27 heavy (non-hydrogen) atoms. The van der Waals surface area contributed by atoms with Gasteiger partial charge in [-0.25, -0.2) is 0 Å². The SMILES string of the molecule is CC(C)(NC[C@H](O)c1ccccc1)c1ccc(SCc2ccccc2)cc1. The third-order valence-electron chi connectivity index (χ3n) is 4.75. The normalized spacial score (nSPS) is 12.7. The fourth-order valence-electron chi connectivity index (χ4n) is 2.96. The van der Waals surface area contributed by atoms with E-state index in [0.29, 0.717) is 6.54 Å². The third-order valence-corrected chi connectivity index (χ3v) is 5.83. The summed E-state index contributed by atoms with van der Waals surface area (Å²) < 4.78 is 0. The molecule has 2 nitrogen and oxygen atoms in total. The van der Waals surface area contributed by atoms with Crippen LogP contribution in [0.1, 0.15) is 36.6 Å². The fraction of sp³-hybridized carbons (Fsp3) is 0.250. The Morgan fingerprint density at radius 3 is 2.07 bits per heavy atom. The Hall–Kier alpha value is -2.07. The van der Waals surface area contributed by atoms with Gasteiger partial charge in [0.25, 0.3) is 0 Å². The van der Waals surface area contributed by atoms with E-state index in [1.807, 2.05) is 48.2 Å². The highest BCUT2D eigenvalue weighted by atomic mass is 32.2. The molecule has 0 aliphatic carbocycles. The molecule has 0 radical (unpaired) electrons. The topological polar surface area (TPSA) is 32.3 Å². The maximum absolute atomic E-state index is 10.4. The summed E-state index contributed by atoms with van der Waals surface area (Å²) >= 11 is 1.85. The number of thioether (sulfide) groups is 1. The zero-order valence-corrected chi connectivity index (χ0v) is 16.7. The van der Waals surface area contributed by atoms with Gasteiger partial charge >= 0.3 is 0 Å². The van der Waals surface area contributed by atoms with Gasteiger partial charge in [0.2, 0.25) is 0 Å². The summed E-state index contributed by atoms with van der Waals surface area (Å²) in [5.41, 5.74) is 3.28. The van der Waals surface area contributed by atoms with Crippen LogP contribution < -0.4 is 5.32 Å². The van der Waals surface area contributed by atoms with E-state index in [9.17, 15) is 5.11 Å². The Bertz CT molecular complexity index is 816. The van der Waals surface area contributed by atoms with Crippen molar-refractivity contribution in [3.05, 3.63) is 102 Å². The van der Waals surface area contributed by atoms with Gasteiger partial charge in [0.05, 0.1) is 6.10 Å². The Morgan fingerprint density at radius 2 is 1.44 bits per heavy atom. The highest BCUT2D eigenvalue weighted by molar-refractivity contribution is 7.98. The van der Waals surface area contributed by atoms with Gasteiger partial charge in [-0.3, -0.25) is 0 Å². The van der Waals surface area contributed by atoms with Gasteiger partial charge in [-0.15, -0.1) is 11.8 Å². The van der Waals surface area contributed by atoms with Gasteiger partial charge < -0.3 is 10.4 Å². The summed E-state index contributed by atoms with van der Waals surface area (Å²) in [4.78, 5) is 1.27. The van der Waals surface area contributed by atoms with E-state index < -0.39 is 6.10 Å². The summed E-state index contributed by atoms with van der Waals surface area (Å²) in [6, 6.07) is 29.0. The van der Waals surface area contributed by atoms with Crippen LogP contribution in [-0.4, -0.2) is 11.7 Å². The molecule has 0 spiro atoms. The van der Waals surface area contributed by atoms with Gasteiger partial charge in [-0.05, 0) is 42.7 Å². The second-order valence-electron chi connectivity index (χ2n) is 7.23. The Kier molecular flexibility index (Phi) is 6.73. The number of benzene rings is 3. The molecule has 1 atom stereocenters. The highest BCUT2D eigenvalue weighted by Gasteiger charge is 2.21. The van der Waals surface area contributed by atoms with Crippen LogP contribution in [0.3, 0.4) is 0 Å². The standard InChI is InChI=1S/C24H27NOS/c1-24(2,25-17-23(26)20-11-7-4-8-12-20)21-13-15-22(16-14-21)27-18-19-9-5-3-6-10-19/h3-16,23,25-26H,17-18H2,1-2H3/t23-/m0/s1. The average molecular weight is 378 g/mol. The van der Waals surface area contributed by atoms with Crippen molar-refractivity contribution in [1.82, 2.24) is 5.32 Å². The van der Waals surface area contributed by atoms with Crippen LogP contribution >= 0.6 is 11.8 Å². The molecule has 0 bridgehead atoms. The second-order valence-corrected chi connectivity index (χ2v) is 8.28. The summed E-state index contributed by atoms with van der Waals surface area (Å²) in [5, 5.41) is 13.9. The van der Waals surface area contributed by atoms with Gasteiger partial charge in [-0.2, -0.15) is 0 Å². The molecule has 0 fully saturated rings. The molecule has 3 aromatic rings. The van der Waals surface area contributed by atoms with Crippen molar-refractivity contribution in [1.29, 1.82) is 0 Å². The summed E-state index contributed by atoms with van der Waals surface area (Å²) in [7, 11) is 0. The number of aliphatic hydroxyl groups is 1. The summed E-state index contributed by atoms with van der Waals surface area (Å²) in [5.74, 6) is 0.977. The molecule has 0 heterocycles. The monoisotopic (exact) mass is 377 g/mol. The van der Waals surface area contributed by atoms with Crippen molar-refractivity contribution < 1.29 is 5.11 Å². The first-order valence-electron chi connectivity index (χ1n) is 9.30. The number of hydrogen-bond acceptors (Lipinski definition) is 3. The zero-order chi connectivity index (χ0) is 19.1. The molecule has 0 aliphatic heterocycles. The first-order valence-corrected chi connectivity index (χ1v) is 10.3. The lowest BCUT2D eigenvalue weighted by Crippen LogP contribution is -2.39. The minimum Gasteiger partial charge on any atom is -0.387 e. The first-order chi connectivity index (χ1) is 13.0. The van der Waals surface area contributed by atoms with Gasteiger partial charge in [0.1, 0.15) is 0 Å². The predicted molar refractivity (Wildman–Crippen MR) is 115 cm³/mol. The van der Waals surface area contributed by atoms with E-state index >= 15 is 0 Å². The molecule has 0 aliphatic rings. The summed E-state index contributed by atoms with van der Waals surface area (Å²) in [6.07, 6.45) is -0.508. The minimum absolute atomic E-state index is 0.210. The van der Waals surface area contributed by atoms with Crippen LogP contribution in [0, 0.1) is 0 Å². The maximum Gasteiger partial charge on any atom is 0.0914 e. The van der Waals surface area contributed by atoms with E-state index in [1.54, 1.807) is 0 Å². The molecule has 0 aromatic heterocycles. The fourth-order valence-corrected chi connectivity index (χ4v) is 3.81.